The lowest BCUT2D eigenvalue weighted by molar-refractivity contribution is 0.156. The Balaban J connectivity index is 2.10. The molecule has 3 heteroatoms. The molecule has 0 saturated carbocycles. The molecule has 1 aliphatic carbocycles. The van der Waals surface area contributed by atoms with E-state index in [4.69, 9.17) is 0 Å². The van der Waals surface area contributed by atoms with Gasteiger partial charge in [0.2, 0.25) is 0 Å². The Morgan fingerprint density at radius 3 is 3.00 bits per heavy atom. The van der Waals surface area contributed by atoms with Gasteiger partial charge in [0.15, 0.2) is 0 Å². The first-order valence-corrected chi connectivity index (χ1v) is 6.69. The number of hydrogen-bond donors (Lipinski definition) is 1. The number of aliphatic hydroxyl groups is 1. The Bertz CT molecular complexity index is 547. The Morgan fingerprint density at radius 1 is 1.29 bits per heavy atom. The van der Waals surface area contributed by atoms with E-state index in [1.165, 1.54) is 5.69 Å². The van der Waals surface area contributed by atoms with E-state index in [1.54, 1.807) is 0 Å². The topological polar surface area (TPSA) is 25.2 Å². The number of aromatic nitrogens is 1. The predicted molar refractivity (Wildman–Crippen MR) is 71.4 cm³/mol. The number of halogens is 1. The van der Waals surface area contributed by atoms with Gasteiger partial charge in [-0.3, -0.25) is 0 Å². The smallest absolute Gasteiger partial charge is 0.0807 e. The third-order valence-corrected chi connectivity index (χ3v) is 3.86. The molecule has 1 aromatic heterocycles. The molecule has 88 valence electrons. The first-order valence-electron chi connectivity index (χ1n) is 5.90. The average Bonchev–Trinajstić information content (AvgIpc) is 2.74. The molecule has 0 radical (unpaired) electrons. The highest BCUT2D eigenvalue weighted by molar-refractivity contribution is 9.10. The van der Waals surface area contributed by atoms with Crippen LogP contribution in [0, 0.1) is 0 Å². The zero-order valence-electron chi connectivity index (χ0n) is 9.44. The maximum absolute atomic E-state index is 9.95. The van der Waals surface area contributed by atoms with Crippen molar-refractivity contribution in [2.45, 2.75) is 25.4 Å². The molecule has 0 bridgehead atoms. The van der Waals surface area contributed by atoms with E-state index in [-0.39, 0.29) is 6.10 Å². The second kappa shape index (κ2) is 4.31. The van der Waals surface area contributed by atoms with Gasteiger partial charge in [-0.05, 0) is 43.5 Å². The lowest BCUT2D eigenvalue weighted by atomic mass is 9.95. The van der Waals surface area contributed by atoms with Crippen molar-refractivity contribution in [3.8, 4) is 5.69 Å². The summed E-state index contributed by atoms with van der Waals surface area (Å²) in [6, 6.07) is 10.3. The van der Waals surface area contributed by atoms with Gasteiger partial charge in [-0.25, -0.2) is 0 Å². The van der Waals surface area contributed by atoms with Gasteiger partial charge < -0.3 is 9.67 Å². The first-order chi connectivity index (χ1) is 8.25. The van der Waals surface area contributed by atoms with Gasteiger partial charge in [0.05, 0.1) is 6.10 Å². The molecule has 2 nitrogen and oxygen atoms in total. The van der Waals surface area contributed by atoms with E-state index in [0.29, 0.717) is 0 Å². The molecule has 0 amide bonds. The highest BCUT2D eigenvalue weighted by atomic mass is 79.9. The third-order valence-electron chi connectivity index (χ3n) is 3.36. The van der Waals surface area contributed by atoms with Gasteiger partial charge in [0.1, 0.15) is 0 Å². The summed E-state index contributed by atoms with van der Waals surface area (Å²) < 4.78 is 3.26. The zero-order valence-corrected chi connectivity index (χ0v) is 11.0. The second-order valence-corrected chi connectivity index (χ2v) is 5.39. The number of nitrogens with zero attached hydrogens (tertiary/aromatic N) is 1. The highest BCUT2D eigenvalue weighted by Gasteiger charge is 2.21. The van der Waals surface area contributed by atoms with Crippen molar-refractivity contribution in [2.24, 2.45) is 0 Å². The van der Waals surface area contributed by atoms with Crippen LogP contribution in [0.5, 0.6) is 0 Å². The van der Waals surface area contributed by atoms with Crippen molar-refractivity contribution in [1.82, 2.24) is 4.57 Å². The van der Waals surface area contributed by atoms with Crippen molar-refractivity contribution in [3.05, 3.63) is 52.3 Å². The van der Waals surface area contributed by atoms with Crippen LogP contribution in [0.15, 0.2) is 41.0 Å². The normalized spacial score (nSPS) is 19.1. The summed E-state index contributed by atoms with van der Waals surface area (Å²) in [5, 5.41) is 9.95. The second-order valence-electron chi connectivity index (χ2n) is 4.48. The average molecular weight is 292 g/mol. The standard InChI is InChI=1S/C14H14BrNO/c15-10-3-1-4-11(9-10)16-8-7-12-13(16)5-2-6-14(12)17/h1,3-4,7-9,14,17H,2,5-6H2. The van der Waals surface area contributed by atoms with Crippen LogP contribution in [-0.2, 0) is 6.42 Å². The fraction of sp³-hybridized carbons (Fsp3) is 0.286. The maximum Gasteiger partial charge on any atom is 0.0807 e. The van der Waals surface area contributed by atoms with Crippen molar-refractivity contribution in [3.63, 3.8) is 0 Å². The van der Waals surface area contributed by atoms with Crippen LogP contribution in [0.1, 0.15) is 30.2 Å². The molecule has 1 aliphatic rings. The molecule has 1 atom stereocenters. The number of benzene rings is 1. The van der Waals surface area contributed by atoms with E-state index < -0.39 is 0 Å². The summed E-state index contributed by atoms with van der Waals surface area (Å²) in [6.45, 7) is 0. The van der Waals surface area contributed by atoms with Crippen LogP contribution in [-0.4, -0.2) is 9.67 Å². The molecule has 0 aliphatic heterocycles. The van der Waals surface area contributed by atoms with E-state index in [0.717, 1.165) is 35.0 Å². The van der Waals surface area contributed by atoms with Gasteiger partial charge in [0.25, 0.3) is 0 Å². The Labute approximate surface area is 109 Å². The Morgan fingerprint density at radius 2 is 2.18 bits per heavy atom. The molecular formula is C14H14BrNO. The molecule has 1 aromatic carbocycles. The first kappa shape index (κ1) is 11.1. The fourth-order valence-electron chi connectivity index (χ4n) is 2.53. The fourth-order valence-corrected chi connectivity index (χ4v) is 2.92. The minimum absolute atomic E-state index is 0.285. The lowest BCUT2D eigenvalue weighted by Crippen LogP contribution is -2.10. The van der Waals surface area contributed by atoms with Crippen LogP contribution < -0.4 is 0 Å². The molecular weight excluding hydrogens is 278 g/mol. The number of aliphatic hydroxyl groups excluding tert-OH is 1. The minimum atomic E-state index is -0.285. The maximum atomic E-state index is 9.95. The molecule has 3 rings (SSSR count). The van der Waals surface area contributed by atoms with Crippen LogP contribution in [0.3, 0.4) is 0 Å². The van der Waals surface area contributed by atoms with Gasteiger partial charge >= 0.3 is 0 Å². The largest absolute Gasteiger partial charge is 0.388 e. The van der Waals surface area contributed by atoms with Gasteiger partial charge in [0, 0.05) is 27.6 Å². The lowest BCUT2D eigenvalue weighted by Gasteiger charge is -2.20. The number of hydrogen-bond acceptors (Lipinski definition) is 1. The molecule has 0 fully saturated rings. The highest BCUT2D eigenvalue weighted by Crippen LogP contribution is 2.32. The number of rotatable bonds is 1. The van der Waals surface area contributed by atoms with Crippen molar-refractivity contribution >= 4 is 15.9 Å². The summed E-state index contributed by atoms with van der Waals surface area (Å²) in [7, 11) is 0. The summed E-state index contributed by atoms with van der Waals surface area (Å²) in [4.78, 5) is 0. The molecule has 0 spiro atoms. The van der Waals surface area contributed by atoms with Gasteiger partial charge in [-0.15, -0.1) is 0 Å². The van der Waals surface area contributed by atoms with Crippen LogP contribution in [0.4, 0.5) is 0 Å². The third kappa shape index (κ3) is 1.94. The molecule has 2 aromatic rings. The van der Waals surface area contributed by atoms with E-state index in [2.05, 4.69) is 38.8 Å². The van der Waals surface area contributed by atoms with E-state index in [1.807, 2.05) is 18.2 Å². The summed E-state index contributed by atoms with van der Waals surface area (Å²) >= 11 is 3.49. The van der Waals surface area contributed by atoms with Gasteiger partial charge in [-0.1, -0.05) is 22.0 Å². The van der Waals surface area contributed by atoms with E-state index in [9.17, 15) is 5.11 Å². The zero-order chi connectivity index (χ0) is 11.8. The monoisotopic (exact) mass is 291 g/mol. The molecule has 0 saturated heterocycles. The van der Waals surface area contributed by atoms with Crippen LogP contribution in [0.25, 0.3) is 5.69 Å². The number of fused-ring (bicyclic) bond motifs is 1. The molecule has 17 heavy (non-hydrogen) atoms. The Hall–Kier alpha value is -1.06. The summed E-state index contributed by atoms with van der Waals surface area (Å²) in [5.41, 5.74) is 3.49. The Kier molecular flexibility index (Phi) is 2.81. The van der Waals surface area contributed by atoms with E-state index >= 15 is 0 Å². The van der Waals surface area contributed by atoms with Crippen molar-refractivity contribution in [1.29, 1.82) is 0 Å². The van der Waals surface area contributed by atoms with Crippen LogP contribution in [0.2, 0.25) is 0 Å². The van der Waals surface area contributed by atoms with Gasteiger partial charge in [-0.2, -0.15) is 0 Å². The molecule has 1 N–H and O–H groups in total. The molecule has 1 unspecified atom stereocenters. The summed E-state index contributed by atoms with van der Waals surface area (Å²) in [5.74, 6) is 0. The summed E-state index contributed by atoms with van der Waals surface area (Å²) in [6.07, 6.45) is 4.77. The van der Waals surface area contributed by atoms with Crippen LogP contribution >= 0.6 is 15.9 Å². The quantitative estimate of drug-likeness (QED) is 0.853. The predicted octanol–water partition coefficient (Wildman–Crippen LogP) is 3.61. The van der Waals surface area contributed by atoms with Crippen molar-refractivity contribution < 1.29 is 5.11 Å². The SMILES string of the molecule is OC1CCCc2c1ccn2-c1cccc(Br)c1. The van der Waals surface area contributed by atoms with Crippen molar-refractivity contribution in [2.75, 3.05) is 0 Å². The minimum Gasteiger partial charge on any atom is -0.388 e. The molecule has 1 heterocycles.